The van der Waals surface area contributed by atoms with Crippen molar-refractivity contribution in [2.24, 2.45) is 5.73 Å². The lowest BCUT2D eigenvalue weighted by atomic mass is 10.1. The van der Waals surface area contributed by atoms with Gasteiger partial charge in [-0.3, -0.25) is 9.59 Å². The number of amides is 2. The Kier molecular flexibility index (Phi) is 3.80. The number of anilines is 1. The maximum absolute atomic E-state index is 13.7. The minimum Gasteiger partial charge on any atom is -0.366 e. The van der Waals surface area contributed by atoms with Crippen molar-refractivity contribution >= 4 is 28.2 Å². The second kappa shape index (κ2) is 5.38. The van der Waals surface area contributed by atoms with Crippen molar-refractivity contribution in [1.29, 1.82) is 0 Å². The second-order valence-corrected chi connectivity index (χ2v) is 5.08. The van der Waals surface area contributed by atoms with E-state index in [-0.39, 0.29) is 22.0 Å². The number of nitrogens with two attached hydrogens (primary N) is 1. The van der Waals surface area contributed by atoms with Crippen LogP contribution in [-0.2, 0) is 4.79 Å². The van der Waals surface area contributed by atoms with Crippen molar-refractivity contribution in [2.75, 3.05) is 5.32 Å². The van der Waals surface area contributed by atoms with E-state index in [1.165, 1.54) is 19.1 Å². The van der Waals surface area contributed by atoms with Crippen LogP contribution < -0.4 is 11.1 Å². The molecule has 0 radical (unpaired) electrons. The Labute approximate surface area is 117 Å². The topological polar surface area (TPSA) is 72.2 Å². The Morgan fingerprint density at radius 1 is 1.25 bits per heavy atom. The van der Waals surface area contributed by atoms with Crippen LogP contribution in [0.3, 0.4) is 0 Å². The molecule has 1 aromatic carbocycles. The molecule has 1 heterocycles. The molecule has 0 saturated heterocycles. The number of carbonyl (C=O) groups is 2. The number of rotatable bonds is 3. The van der Waals surface area contributed by atoms with Crippen LogP contribution in [0.2, 0.25) is 0 Å². The molecule has 0 saturated carbocycles. The Morgan fingerprint density at radius 3 is 2.50 bits per heavy atom. The number of halogens is 2. The van der Waals surface area contributed by atoms with Gasteiger partial charge in [-0.15, -0.1) is 11.3 Å². The van der Waals surface area contributed by atoms with Crippen LogP contribution in [0.5, 0.6) is 0 Å². The summed E-state index contributed by atoms with van der Waals surface area (Å²) in [7, 11) is 0. The second-order valence-electron chi connectivity index (χ2n) is 4.02. The first kappa shape index (κ1) is 14.1. The van der Waals surface area contributed by atoms with Gasteiger partial charge in [0.1, 0.15) is 16.6 Å². The highest BCUT2D eigenvalue weighted by Crippen LogP contribution is 2.36. The van der Waals surface area contributed by atoms with Crippen LogP contribution in [-0.4, -0.2) is 11.8 Å². The van der Waals surface area contributed by atoms with E-state index >= 15 is 0 Å². The Morgan fingerprint density at radius 2 is 1.95 bits per heavy atom. The fourth-order valence-electron chi connectivity index (χ4n) is 1.65. The smallest absolute Gasteiger partial charge is 0.251 e. The maximum atomic E-state index is 13.7. The van der Waals surface area contributed by atoms with E-state index in [0.29, 0.717) is 4.88 Å². The molecule has 2 rings (SSSR count). The van der Waals surface area contributed by atoms with E-state index in [2.05, 4.69) is 5.32 Å². The monoisotopic (exact) mass is 296 g/mol. The molecule has 4 nitrogen and oxygen atoms in total. The maximum Gasteiger partial charge on any atom is 0.251 e. The average molecular weight is 296 g/mol. The quantitative estimate of drug-likeness (QED) is 0.914. The molecule has 104 valence electrons. The number of thiophene rings is 1. The third-order valence-corrected chi connectivity index (χ3v) is 3.57. The molecule has 0 atom stereocenters. The van der Waals surface area contributed by atoms with Gasteiger partial charge in [0.2, 0.25) is 5.91 Å². The van der Waals surface area contributed by atoms with E-state index in [1.54, 1.807) is 0 Å². The summed E-state index contributed by atoms with van der Waals surface area (Å²) in [5.74, 6) is -2.56. The summed E-state index contributed by atoms with van der Waals surface area (Å²) < 4.78 is 26.6. The van der Waals surface area contributed by atoms with E-state index in [4.69, 9.17) is 5.73 Å². The number of primary amides is 1. The van der Waals surface area contributed by atoms with Gasteiger partial charge in [-0.05, 0) is 18.2 Å². The molecule has 0 aliphatic rings. The van der Waals surface area contributed by atoms with E-state index in [0.717, 1.165) is 23.5 Å². The molecule has 0 fully saturated rings. The van der Waals surface area contributed by atoms with Gasteiger partial charge in [0, 0.05) is 23.4 Å². The summed E-state index contributed by atoms with van der Waals surface area (Å²) in [6, 6.07) is 4.49. The number of hydrogen-bond acceptors (Lipinski definition) is 3. The Hall–Kier alpha value is -2.28. The lowest BCUT2D eigenvalue weighted by Crippen LogP contribution is -2.14. The minimum atomic E-state index is -0.753. The zero-order chi connectivity index (χ0) is 14.9. The van der Waals surface area contributed by atoms with Gasteiger partial charge >= 0.3 is 0 Å². The van der Waals surface area contributed by atoms with Crippen LogP contribution in [0, 0.1) is 11.6 Å². The molecule has 2 aromatic rings. The zero-order valence-electron chi connectivity index (χ0n) is 10.4. The van der Waals surface area contributed by atoms with Gasteiger partial charge in [0.05, 0.1) is 5.56 Å². The standard InChI is InChI=1S/C13H10F2N2O2S/c1-6(18)17-13-9(12(16)19)5-11(20-13)8-3-2-7(14)4-10(8)15/h2-5H,1H3,(H2,16,19)(H,17,18). The summed E-state index contributed by atoms with van der Waals surface area (Å²) in [5.41, 5.74) is 5.43. The molecule has 0 bridgehead atoms. The molecule has 0 spiro atoms. The van der Waals surface area contributed by atoms with Crippen molar-refractivity contribution in [3.8, 4) is 10.4 Å². The van der Waals surface area contributed by atoms with Crippen LogP contribution >= 0.6 is 11.3 Å². The van der Waals surface area contributed by atoms with Gasteiger partial charge in [0.15, 0.2) is 0 Å². The SMILES string of the molecule is CC(=O)Nc1sc(-c2ccc(F)cc2F)cc1C(N)=O. The van der Waals surface area contributed by atoms with Crippen LogP contribution in [0.15, 0.2) is 24.3 Å². The third kappa shape index (κ3) is 2.83. The summed E-state index contributed by atoms with van der Waals surface area (Å²) in [6.07, 6.45) is 0. The zero-order valence-corrected chi connectivity index (χ0v) is 11.2. The molecule has 20 heavy (non-hydrogen) atoms. The van der Waals surface area contributed by atoms with Crippen LogP contribution in [0.1, 0.15) is 17.3 Å². The predicted octanol–water partition coefficient (Wildman–Crippen LogP) is 2.75. The van der Waals surface area contributed by atoms with Gasteiger partial charge < -0.3 is 11.1 Å². The first-order valence-electron chi connectivity index (χ1n) is 5.55. The van der Waals surface area contributed by atoms with Gasteiger partial charge in [-0.25, -0.2) is 8.78 Å². The molecule has 0 aliphatic carbocycles. The van der Waals surface area contributed by atoms with E-state index in [1.807, 2.05) is 0 Å². The summed E-state index contributed by atoms with van der Waals surface area (Å²) in [6.45, 7) is 1.28. The van der Waals surface area contributed by atoms with E-state index < -0.39 is 17.5 Å². The number of nitrogens with one attached hydrogen (secondary N) is 1. The molecular weight excluding hydrogens is 286 g/mol. The molecule has 0 unspecified atom stereocenters. The normalized spacial score (nSPS) is 10.3. The first-order chi connectivity index (χ1) is 9.38. The molecule has 7 heteroatoms. The summed E-state index contributed by atoms with van der Waals surface area (Å²) >= 11 is 0.994. The van der Waals surface area contributed by atoms with E-state index in [9.17, 15) is 18.4 Å². The van der Waals surface area contributed by atoms with Gasteiger partial charge in [-0.1, -0.05) is 0 Å². The average Bonchev–Trinajstić information content (AvgIpc) is 2.71. The molecule has 3 N–H and O–H groups in total. The largest absolute Gasteiger partial charge is 0.366 e. The van der Waals surface area contributed by atoms with Gasteiger partial charge in [-0.2, -0.15) is 0 Å². The molecule has 2 amide bonds. The predicted molar refractivity (Wildman–Crippen MR) is 72.5 cm³/mol. The fourth-order valence-corrected chi connectivity index (χ4v) is 2.79. The first-order valence-corrected chi connectivity index (χ1v) is 6.37. The highest BCUT2D eigenvalue weighted by Gasteiger charge is 2.17. The molecular formula is C13H10F2N2O2S. The molecule has 0 aliphatic heterocycles. The molecule has 1 aromatic heterocycles. The third-order valence-electron chi connectivity index (χ3n) is 2.48. The highest BCUT2D eigenvalue weighted by atomic mass is 32.1. The number of benzene rings is 1. The minimum absolute atomic E-state index is 0.0870. The van der Waals surface area contributed by atoms with Crippen LogP contribution in [0.4, 0.5) is 13.8 Å². The Bertz CT molecular complexity index is 698. The number of carbonyl (C=O) groups excluding carboxylic acids is 2. The van der Waals surface area contributed by atoms with Crippen molar-refractivity contribution in [1.82, 2.24) is 0 Å². The summed E-state index contributed by atoms with van der Waals surface area (Å²) in [5, 5.41) is 2.70. The van der Waals surface area contributed by atoms with Crippen molar-refractivity contribution in [3.63, 3.8) is 0 Å². The van der Waals surface area contributed by atoms with Crippen LogP contribution in [0.25, 0.3) is 10.4 Å². The number of hydrogen-bond donors (Lipinski definition) is 2. The van der Waals surface area contributed by atoms with Crippen molar-refractivity contribution < 1.29 is 18.4 Å². The Balaban J connectivity index is 2.52. The van der Waals surface area contributed by atoms with Crippen molar-refractivity contribution in [2.45, 2.75) is 6.92 Å². The highest BCUT2D eigenvalue weighted by molar-refractivity contribution is 7.20. The lowest BCUT2D eigenvalue weighted by molar-refractivity contribution is -0.114. The van der Waals surface area contributed by atoms with Crippen molar-refractivity contribution in [3.05, 3.63) is 41.5 Å². The van der Waals surface area contributed by atoms with Gasteiger partial charge in [0.25, 0.3) is 5.91 Å². The fraction of sp³-hybridized carbons (Fsp3) is 0.0769. The summed E-state index contributed by atoms with van der Waals surface area (Å²) in [4.78, 5) is 22.8. The lowest BCUT2D eigenvalue weighted by Gasteiger charge is -2.00.